The summed E-state index contributed by atoms with van der Waals surface area (Å²) < 4.78 is 0. The average Bonchev–Trinajstić information content (AvgIpc) is 3.14. The highest BCUT2D eigenvalue weighted by atomic mass is 16.3. The van der Waals surface area contributed by atoms with Gasteiger partial charge < -0.3 is 15.4 Å². The topological polar surface area (TPSA) is 78.0 Å². The summed E-state index contributed by atoms with van der Waals surface area (Å²) >= 11 is 0. The van der Waals surface area contributed by atoms with Gasteiger partial charge in [-0.05, 0) is 54.3 Å². The van der Waals surface area contributed by atoms with Crippen molar-refractivity contribution in [1.29, 1.82) is 0 Å². The van der Waals surface area contributed by atoms with Crippen LogP contribution in [0, 0.1) is 5.92 Å². The predicted octanol–water partition coefficient (Wildman–Crippen LogP) is 3.59. The summed E-state index contributed by atoms with van der Waals surface area (Å²) in [5.74, 6) is -0.126. The molecule has 3 N–H and O–H groups in total. The van der Waals surface area contributed by atoms with Crippen molar-refractivity contribution in [2.24, 2.45) is 5.92 Å². The van der Waals surface area contributed by atoms with Gasteiger partial charge in [-0.25, -0.2) is 4.98 Å². The minimum atomic E-state index is -1.15. The Morgan fingerprint density at radius 1 is 1.12 bits per heavy atom. The lowest BCUT2D eigenvalue weighted by Crippen LogP contribution is -2.33. The van der Waals surface area contributed by atoms with Crippen LogP contribution < -0.4 is 5.32 Å². The molecule has 0 bridgehead atoms. The number of rotatable bonds is 5. The highest BCUT2D eigenvalue weighted by molar-refractivity contribution is 5.98. The van der Waals surface area contributed by atoms with E-state index in [1.54, 1.807) is 12.5 Å². The molecule has 136 valence electrons. The van der Waals surface area contributed by atoms with Gasteiger partial charge in [0.25, 0.3) is 5.91 Å². The standard InChI is InChI=1S/C21H25N3O2/c1-13(2)21(26,19-11-22-12-23-19)18-8-7-15-9-17(6-5-16(15)10-18)20(25)24-14(3)4/h5-14,26H,1-4H3,(H,22,23)(H,24,25). The maximum Gasteiger partial charge on any atom is 0.251 e. The second kappa shape index (κ2) is 6.92. The van der Waals surface area contributed by atoms with Crippen molar-refractivity contribution in [2.45, 2.75) is 39.3 Å². The Balaban J connectivity index is 2.03. The zero-order chi connectivity index (χ0) is 18.9. The summed E-state index contributed by atoms with van der Waals surface area (Å²) in [6.45, 7) is 7.83. The first-order valence-electron chi connectivity index (χ1n) is 8.88. The first-order valence-corrected chi connectivity index (χ1v) is 8.88. The van der Waals surface area contributed by atoms with E-state index >= 15 is 0 Å². The Kier molecular flexibility index (Phi) is 4.83. The Morgan fingerprint density at radius 2 is 1.81 bits per heavy atom. The normalized spacial score (nSPS) is 14.0. The minimum Gasteiger partial charge on any atom is -0.379 e. The van der Waals surface area contributed by atoms with Crippen LogP contribution in [0.4, 0.5) is 0 Å². The highest BCUT2D eigenvalue weighted by Gasteiger charge is 2.36. The van der Waals surface area contributed by atoms with Crippen molar-refractivity contribution in [3.63, 3.8) is 0 Å². The van der Waals surface area contributed by atoms with E-state index in [9.17, 15) is 9.90 Å². The number of aromatic amines is 1. The highest BCUT2D eigenvalue weighted by Crippen LogP contribution is 2.36. The van der Waals surface area contributed by atoms with E-state index in [0.29, 0.717) is 11.3 Å². The number of fused-ring (bicyclic) bond motifs is 1. The van der Waals surface area contributed by atoms with Crippen molar-refractivity contribution in [3.8, 4) is 0 Å². The molecule has 0 saturated heterocycles. The number of hydrogen-bond acceptors (Lipinski definition) is 3. The molecule has 3 rings (SSSR count). The fourth-order valence-electron chi connectivity index (χ4n) is 3.23. The lowest BCUT2D eigenvalue weighted by molar-refractivity contribution is 0.0280. The van der Waals surface area contributed by atoms with Crippen molar-refractivity contribution in [3.05, 3.63) is 65.7 Å². The largest absolute Gasteiger partial charge is 0.379 e. The first-order chi connectivity index (χ1) is 12.3. The maximum absolute atomic E-state index is 12.2. The van der Waals surface area contributed by atoms with Crippen LogP contribution in [0.3, 0.4) is 0 Å². The molecule has 1 heterocycles. The van der Waals surface area contributed by atoms with E-state index < -0.39 is 5.60 Å². The van der Waals surface area contributed by atoms with E-state index in [-0.39, 0.29) is 17.9 Å². The number of benzene rings is 2. The molecular formula is C21H25N3O2. The number of H-pyrrole nitrogens is 1. The van der Waals surface area contributed by atoms with Crippen molar-refractivity contribution >= 4 is 16.7 Å². The number of hydrogen-bond donors (Lipinski definition) is 3. The van der Waals surface area contributed by atoms with Gasteiger partial charge in [0.2, 0.25) is 0 Å². The SMILES string of the molecule is CC(C)NC(=O)c1ccc2cc(C(O)(c3cnc[nH]3)C(C)C)ccc2c1. The third-order valence-corrected chi connectivity index (χ3v) is 4.71. The number of carbonyl (C=O) groups is 1. The molecule has 0 radical (unpaired) electrons. The van der Waals surface area contributed by atoms with Gasteiger partial charge in [-0.3, -0.25) is 4.79 Å². The molecule has 1 amide bonds. The van der Waals surface area contributed by atoms with Crippen LogP contribution in [0.5, 0.6) is 0 Å². The molecule has 0 fully saturated rings. The Morgan fingerprint density at radius 3 is 2.42 bits per heavy atom. The molecule has 1 aromatic heterocycles. The van der Waals surface area contributed by atoms with Gasteiger partial charge in [0.05, 0.1) is 18.2 Å². The molecule has 0 spiro atoms. The van der Waals surface area contributed by atoms with Crippen LogP contribution in [0.25, 0.3) is 10.8 Å². The Labute approximate surface area is 153 Å². The van der Waals surface area contributed by atoms with E-state index in [2.05, 4.69) is 15.3 Å². The molecule has 5 heteroatoms. The molecule has 5 nitrogen and oxygen atoms in total. The number of amides is 1. The predicted molar refractivity (Wildman–Crippen MR) is 103 cm³/mol. The number of imidazole rings is 1. The van der Waals surface area contributed by atoms with Gasteiger partial charge in [-0.1, -0.05) is 32.0 Å². The second-order valence-corrected chi connectivity index (χ2v) is 7.29. The molecule has 0 aliphatic heterocycles. The summed E-state index contributed by atoms with van der Waals surface area (Å²) in [6.07, 6.45) is 3.23. The molecule has 0 aliphatic carbocycles. The smallest absolute Gasteiger partial charge is 0.251 e. The Hall–Kier alpha value is -2.66. The van der Waals surface area contributed by atoms with Crippen LogP contribution >= 0.6 is 0 Å². The lowest BCUT2D eigenvalue weighted by Gasteiger charge is -2.32. The van der Waals surface area contributed by atoms with Crippen molar-refractivity contribution < 1.29 is 9.90 Å². The number of nitrogens with one attached hydrogen (secondary N) is 2. The van der Waals surface area contributed by atoms with E-state index in [1.165, 1.54) is 0 Å². The quantitative estimate of drug-likeness (QED) is 0.657. The van der Waals surface area contributed by atoms with Crippen LogP contribution in [-0.4, -0.2) is 27.0 Å². The molecule has 0 aliphatic rings. The van der Waals surface area contributed by atoms with Gasteiger partial charge in [-0.2, -0.15) is 0 Å². The molecule has 3 aromatic rings. The molecule has 2 aromatic carbocycles. The number of aromatic nitrogens is 2. The zero-order valence-corrected chi connectivity index (χ0v) is 15.6. The van der Waals surface area contributed by atoms with Crippen molar-refractivity contribution in [1.82, 2.24) is 15.3 Å². The van der Waals surface area contributed by atoms with Gasteiger partial charge in [0.1, 0.15) is 5.60 Å². The van der Waals surface area contributed by atoms with Gasteiger partial charge in [-0.15, -0.1) is 0 Å². The van der Waals surface area contributed by atoms with Crippen LogP contribution in [-0.2, 0) is 5.60 Å². The fourth-order valence-corrected chi connectivity index (χ4v) is 3.23. The zero-order valence-electron chi connectivity index (χ0n) is 15.6. The van der Waals surface area contributed by atoms with Crippen molar-refractivity contribution in [2.75, 3.05) is 0 Å². The van der Waals surface area contributed by atoms with Gasteiger partial charge >= 0.3 is 0 Å². The Bertz CT molecular complexity index is 916. The minimum absolute atomic E-state index is 0.0449. The van der Waals surface area contributed by atoms with Crippen LogP contribution in [0.1, 0.15) is 49.3 Å². The fraction of sp³-hybridized carbons (Fsp3) is 0.333. The van der Waals surface area contributed by atoms with Crippen LogP contribution in [0.15, 0.2) is 48.9 Å². The molecule has 0 saturated carbocycles. The molecule has 1 unspecified atom stereocenters. The summed E-state index contributed by atoms with van der Waals surface area (Å²) in [4.78, 5) is 19.3. The first kappa shape index (κ1) is 18.1. The van der Waals surface area contributed by atoms with Gasteiger partial charge in [0, 0.05) is 11.6 Å². The molecule has 26 heavy (non-hydrogen) atoms. The third kappa shape index (κ3) is 3.22. The number of carbonyl (C=O) groups excluding carboxylic acids is 1. The average molecular weight is 351 g/mol. The van der Waals surface area contributed by atoms with Crippen LogP contribution in [0.2, 0.25) is 0 Å². The number of aliphatic hydroxyl groups is 1. The second-order valence-electron chi connectivity index (χ2n) is 7.29. The monoisotopic (exact) mass is 351 g/mol. The van der Waals surface area contributed by atoms with E-state index in [4.69, 9.17) is 0 Å². The third-order valence-electron chi connectivity index (χ3n) is 4.71. The van der Waals surface area contributed by atoms with E-state index in [1.807, 2.05) is 64.1 Å². The summed E-state index contributed by atoms with van der Waals surface area (Å²) in [5.41, 5.74) is 0.938. The summed E-state index contributed by atoms with van der Waals surface area (Å²) in [6, 6.07) is 11.5. The maximum atomic E-state index is 12.2. The number of nitrogens with zero attached hydrogens (tertiary/aromatic N) is 1. The summed E-state index contributed by atoms with van der Waals surface area (Å²) in [5, 5.41) is 16.2. The molecular weight excluding hydrogens is 326 g/mol. The molecule has 1 atom stereocenters. The van der Waals surface area contributed by atoms with Gasteiger partial charge in [0.15, 0.2) is 0 Å². The lowest BCUT2D eigenvalue weighted by atomic mass is 9.80. The summed E-state index contributed by atoms with van der Waals surface area (Å²) in [7, 11) is 0. The van der Waals surface area contributed by atoms with E-state index in [0.717, 1.165) is 16.3 Å².